The van der Waals surface area contributed by atoms with Crippen molar-refractivity contribution in [1.29, 1.82) is 0 Å². The van der Waals surface area contributed by atoms with E-state index in [0.29, 0.717) is 40.9 Å². The van der Waals surface area contributed by atoms with Gasteiger partial charge in [0.15, 0.2) is 5.13 Å². The second kappa shape index (κ2) is 18.8. The molecule has 1 atom stereocenters. The van der Waals surface area contributed by atoms with Gasteiger partial charge >= 0.3 is 0 Å². The highest BCUT2D eigenvalue weighted by Gasteiger charge is 2.24. The second-order valence-electron chi connectivity index (χ2n) is 12.7. The van der Waals surface area contributed by atoms with Crippen LogP contribution in [-0.2, 0) is 16.2 Å². The topological polar surface area (TPSA) is 119 Å². The summed E-state index contributed by atoms with van der Waals surface area (Å²) in [5.41, 5.74) is 4.24. The third-order valence-corrected chi connectivity index (χ3v) is 10.7. The average Bonchev–Trinajstić information content (AvgIpc) is 3.65. The SMILES string of the molecule is CCOc1ccc2nc(NC(=O)C(Sc3cccc(NC(=O)/C(=C/c4ccc(OCc5ccccc5)cc4)NC(=O)c4ccccc4)c3)c3ccccc3)sc2c1. The summed E-state index contributed by atoms with van der Waals surface area (Å²) in [5, 5.41) is 8.60. The zero-order chi connectivity index (χ0) is 39.4. The summed E-state index contributed by atoms with van der Waals surface area (Å²) in [6, 6.07) is 48.2. The fourth-order valence-corrected chi connectivity index (χ4v) is 7.76. The number of hydrogen-bond acceptors (Lipinski definition) is 8. The number of hydrogen-bond donors (Lipinski definition) is 3. The van der Waals surface area contributed by atoms with Gasteiger partial charge in [0, 0.05) is 16.1 Å². The fourth-order valence-electron chi connectivity index (χ4n) is 5.78. The van der Waals surface area contributed by atoms with Crippen molar-refractivity contribution in [3.8, 4) is 11.5 Å². The molecule has 0 fully saturated rings. The number of ether oxygens (including phenoxy) is 2. The number of anilines is 2. The molecule has 57 heavy (non-hydrogen) atoms. The number of amides is 3. The zero-order valence-electron chi connectivity index (χ0n) is 30.9. The van der Waals surface area contributed by atoms with Crippen molar-refractivity contribution in [2.24, 2.45) is 0 Å². The van der Waals surface area contributed by atoms with Crippen LogP contribution in [0.25, 0.3) is 16.3 Å². The first kappa shape index (κ1) is 38.6. The lowest BCUT2D eigenvalue weighted by Crippen LogP contribution is -2.30. The summed E-state index contributed by atoms with van der Waals surface area (Å²) in [6.07, 6.45) is 1.62. The summed E-state index contributed by atoms with van der Waals surface area (Å²) in [6.45, 7) is 2.90. The van der Waals surface area contributed by atoms with Crippen LogP contribution >= 0.6 is 23.1 Å². The Bertz CT molecular complexity index is 2490. The molecule has 0 bridgehead atoms. The molecule has 7 rings (SSSR count). The Hall–Kier alpha value is -6.69. The number of thioether (sulfide) groups is 1. The van der Waals surface area contributed by atoms with Gasteiger partial charge in [-0.15, -0.1) is 11.8 Å². The molecule has 0 aliphatic carbocycles. The molecule has 9 nitrogen and oxygen atoms in total. The van der Waals surface area contributed by atoms with Crippen LogP contribution < -0.4 is 25.4 Å². The summed E-state index contributed by atoms with van der Waals surface area (Å²) >= 11 is 2.73. The number of nitrogens with zero attached hydrogens (tertiary/aromatic N) is 1. The Morgan fingerprint density at radius 3 is 2.18 bits per heavy atom. The van der Waals surface area contributed by atoms with Gasteiger partial charge in [-0.2, -0.15) is 0 Å². The second-order valence-corrected chi connectivity index (χ2v) is 14.9. The number of thiazole rings is 1. The largest absolute Gasteiger partial charge is 0.494 e. The van der Waals surface area contributed by atoms with Crippen LogP contribution in [-0.4, -0.2) is 29.3 Å². The molecule has 0 spiro atoms. The van der Waals surface area contributed by atoms with E-state index in [9.17, 15) is 14.4 Å². The maximum absolute atomic E-state index is 13.9. The number of carbonyl (C=O) groups excluding carboxylic acids is 3. The molecule has 1 unspecified atom stereocenters. The summed E-state index contributed by atoms with van der Waals surface area (Å²) in [7, 11) is 0. The smallest absolute Gasteiger partial charge is 0.272 e. The molecule has 6 aromatic carbocycles. The predicted octanol–water partition coefficient (Wildman–Crippen LogP) is 10.2. The quantitative estimate of drug-likeness (QED) is 0.0699. The van der Waals surface area contributed by atoms with Crippen molar-refractivity contribution in [3.63, 3.8) is 0 Å². The summed E-state index contributed by atoms with van der Waals surface area (Å²) in [4.78, 5) is 46.5. The average molecular weight is 791 g/mol. The van der Waals surface area contributed by atoms with Crippen molar-refractivity contribution in [3.05, 3.63) is 186 Å². The third kappa shape index (κ3) is 10.5. The zero-order valence-corrected chi connectivity index (χ0v) is 32.5. The molecule has 0 aliphatic heterocycles. The Morgan fingerprint density at radius 2 is 1.44 bits per heavy atom. The first-order valence-electron chi connectivity index (χ1n) is 18.2. The van der Waals surface area contributed by atoms with Crippen LogP contribution in [0.5, 0.6) is 11.5 Å². The first-order valence-corrected chi connectivity index (χ1v) is 19.9. The minimum Gasteiger partial charge on any atom is -0.494 e. The molecule has 0 aliphatic rings. The minimum atomic E-state index is -0.636. The predicted molar refractivity (Wildman–Crippen MR) is 229 cm³/mol. The fraction of sp³-hybridized carbons (Fsp3) is 0.0870. The van der Waals surface area contributed by atoms with E-state index in [0.717, 1.165) is 32.0 Å². The highest BCUT2D eigenvalue weighted by Crippen LogP contribution is 2.38. The van der Waals surface area contributed by atoms with Crippen LogP contribution in [0.15, 0.2) is 168 Å². The molecule has 1 aromatic heterocycles. The van der Waals surface area contributed by atoms with Gasteiger partial charge in [0.2, 0.25) is 5.91 Å². The van der Waals surface area contributed by atoms with E-state index in [1.807, 2.05) is 128 Å². The van der Waals surface area contributed by atoms with E-state index in [4.69, 9.17) is 9.47 Å². The lowest BCUT2D eigenvalue weighted by atomic mass is 10.1. The Kier molecular flexibility index (Phi) is 12.7. The van der Waals surface area contributed by atoms with Crippen molar-refractivity contribution in [1.82, 2.24) is 10.3 Å². The molecule has 1 heterocycles. The van der Waals surface area contributed by atoms with Crippen LogP contribution in [0.1, 0.15) is 39.2 Å². The maximum Gasteiger partial charge on any atom is 0.272 e. The van der Waals surface area contributed by atoms with E-state index in [-0.39, 0.29) is 11.6 Å². The van der Waals surface area contributed by atoms with Crippen LogP contribution in [0.2, 0.25) is 0 Å². The van der Waals surface area contributed by atoms with E-state index >= 15 is 0 Å². The van der Waals surface area contributed by atoms with Gasteiger partial charge in [-0.05, 0) is 90.4 Å². The van der Waals surface area contributed by atoms with Crippen molar-refractivity contribution in [2.45, 2.75) is 23.7 Å². The standard InChI is InChI=1S/C46H38N4O5S2/c1-2-54-37-25-26-39-41(29-37)57-46(49-39)50-45(53)42(33-15-8-4-9-16-33)56-38-20-12-19-35(28-38)47-44(52)40(48-43(51)34-17-10-5-11-18-34)27-31-21-23-36(24-22-31)55-30-32-13-6-3-7-14-32/h3-29,42H,2,30H2,1H3,(H,47,52)(H,48,51)(H,49,50,53)/b40-27-. The molecule has 0 radical (unpaired) electrons. The van der Waals surface area contributed by atoms with Crippen LogP contribution in [0.4, 0.5) is 10.8 Å². The van der Waals surface area contributed by atoms with E-state index < -0.39 is 17.1 Å². The Morgan fingerprint density at radius 1 is 0.737 bits per heavy atom. The minimum absolute atomic E-state index is 0.0469. The highest BCUT2D eigenvalue weighted by atomic mass is 32.2. The number of rotatable bonds is 15. The number of nitrogens with one attached hydrogen (secondary N) is 3. The van der Waals surface area contributed by atoms with Crippen molar-refractivity contribution in [2.75, 3.05) is 17.2 Å². The molecule has 11 heteroatoms. The third-order valence-electron chi connectivity index (χ3n) is 8.56. The first-order chi connectivity index (χ1) is 27.9. The normalized spacial score (nSPS) is 11.7. The number of benzene rings is 6. The van der Waals surface area contributed by atoms with E-state index in [1.54, 1.807) is 42.5 Å². The van der Waals surface area contributed by atoms with Gasteiger partial charge in [0.25, 0.3) is 11.8 Å². The van der Waals surface area contributed by atoms with E-state index in [2.05, 4.69) is 20.9 Å². The van der Waals surface area contributed by atoms with Gasteiger partial charge in [-0.25, -0.2) is 4.98 Å². The molecular formula is C46H38N4O5S2. The molecule has 0 saturated heterocycles. The summed E-state index contributed by atoms with van der Waals surface area (Å²) < 4.78 is 12.5. The number of carbonyl (C=O) groups is 3. The lowest BCUT2D eigenvalue weighted by molar-refractivity contribution is -0.116. The van der Waals surface area contributed by atoms with Gasteiger partial charge in [0.1, 0.15) is 29.1 Å². The Balaban J connectivity index is 1.08. The molecule has 7 aromatic rings. The van der Waals surface area contributed by atoms with Gasteiger partial charge in [0.05, 0.1) is 16.8 Å². The molecule has 0 saturated carbocycles. The molecular weight excluding hydrogens is 753 g/mol. The van der Waals surface area contributed by atoms with Crippen LogP contribution in [0.3, 0.4) is 0 Å². The van der Waals surface area contributed by atoms with Gasteiger partial charge in [-0.1, -0.05) is 108 Å². The van der Waals surface area contributed by atoms with Gasteiger partial charge < -0.3 is 25.4 Å². The highest BCUT2D eigenvalue weighted by molar-refractivity contribution is 8.00. The Labute approximate surface area is 338 Å². The maximum atomic E-state index is 13.9. The van der Waals surface area contributed by atoms with Crippen molar-refractivity contribution >= 4 is 67.9 Å². The number of fused-ring (bicyclic) bond motifs is 1. The van der Waals surface area contributed by atoms with Crippen molar-refractivity contribution < 1.29 is 23.9 Å². The molecule has 3 N–H and O–H groups in total. The molecule has 3 amide bonds. The van der Waals surface area contributed by atoms with Crippen LogP contribution in [0, 0.1) is 0 Å². The molecule has 284 valence electrons. The number of aromatic nitrogens is 1. The summed E-state index contributed by atoms with van der Waals surface area (Å²) in [5.74, 6) is 0.227. The lowest BCUT2D eigenvalue weighted by Gasteiger charge is -2.17. The van der Waals surface area contributed by atoms with E-state index in [1.165, 1.54) is 23.1 Å². The van der Waals surface area contributed by atoms with Gasteiger partial charge in [-0.3, -0.25) is 14.4 Å². The monoisotopic (exact) mass is 790 g/mol.